The number of rotatable bonds is 1. The minimum Gasteiger partial charge on any atom is -0.396 e. The van der Waals surface area contributed by atoms with Crippen LogP contribution in [-0.2, 0) is 0 Å². The molecule has 1 heterocycles. The summed E-state index contributed by atoms with van der Waals surface area (Å²) in [6.07, 6.45) is 2.88. The van der Waals surface area contributed by atoms with E-state index in [1.807, 2.05) is 0 Å². The molecule has 0 bridgehead atoms. The van der Waals surface area contributed by atoms with E-state index in [4.69, 9.17) is 5.73 Å². The molecular formula is C10H8FN3. The fourth-order valence-electron chi connectivity index (χ4n) is 1.22. The zero-order valence-electron chi connectivity index (χ0n) is 7.31. The Hall–Kier alpha value is -1.97. The first-order chi connectivity index (χ1) is 6.77. The molecule has 0 atom stereocenters. The van der Waals surface area contributed by atoms with Gasteiger partial charge in [0.25, 0.3) is 0 Å². The van der Waals surface area contributed by atoms with E-state index in [2.05, 4.69) is 9.97 Å². The molecule has 14 heavy (non-hydrogen) atoms. The van der Waals surface area contributed by atoms with Gasteiger partial charge in [0, 0.05) is 5.56 Å². The van der Waals surface area contributed by atoms with Crippen molar-refractivity contribution in [1.29, 1.82) is 0 Å². The van der Waals surface area contributed by atoms with E-state index in [-0.39, 0.29) is 5.82 Å². The van der Waals surface area contributed by atoms with E-state index in [1.165, 1.54) is 24.7 Å². The molecule has 2 aromatic rings. The van der Waals surface area contributed by atoms with Crippen molar-refractivity contribution >= 4 is 5.69 Å². The third-order valence-electron chi connectivity index (χ3n) is 1.84. The first kappa shape index (κ1) is 8.62. The highest BCUT2D eigenvalue weighted by atomic mass is 19.1. The summed E-state index contributed by atoms with van der Waals surface area (Å²) in [6.45, 7) is 0. The molecule has 4 heteroatoms. The highest BCUT2D eigenvalue weighted by Crippen LogP contribution is 2.22. The molecule has 2 rings (SSSR count). The van der Waals surface area contributed by atoms with Gasteiger partial charge in [-0.1, -0.05) is 12.1 Å². The fourth-order valence-corrected chi connectivity index (χ4v) is 1.22. The smallest absolute Gasteiger partial charge is 0.123 e. The molecule has 3 nitrogen and oxygen atoms in total. The number of benzene rings is 1. The van der Waals surface area contributed by atoms with Gasteiger partial charge in [-0.2, -0.15) is 0 Å². The van der Waals surface area contributed by atoms with E-state index in [1.54, 1.807) is 12.1 Å². The van der Waals surface area contributed by atoms with Crippen molar-refractivity contribution in [3.8, 4) is 11.3 Å². The Labute approximate surface area is 80.4 Å². The zero-order chi connectivity index (χ0) is 9.97. The molecule has 2 N–H and O–H groups in total. The molecule has 0 aliphatic rings. The molecule has 1 aromatic heterocycles. The molecule has 0 spiro atoms. The lowest BCUT2D eigenvalue weighted by Gasteiger charge is -2.02. The van der Waals surface area contributed by atoms with Crippen molar-refractivity contribution < 1.29 is 4.39 Å². The number of nitrogens with two attached hydrogens (primary N) is 1. The van der Waals surface area contributed by atoms with Gasteiger partial charge < -0.3 is 5.73 Å². The Bertz CT molecular complexity index is 457. The van der Waals surface area contributed by atoms with Gasteiger partial charge in [0.2, 0.25) is 0 Å². The summed E-state index contributed by atoms with van der Waals surface area (Å²) in [6, 6.07) is 6.13. The second kappa shape index (κ2) is 3.41. The lowest BCUT2D eigenvalue weighted by atomic mass is 10.1. The Morgan fingerprint density at radius 3 is 2.86 bits per heavy atom. The molecule has 0 saturated carbocycles. The minimum atomic E-state index is -0.305. The molecule has 0 amide bonds. The van der Waals surface area contributed by atoms with Crippen molar-refractivity contribution in [3.05, 3.63) is 42.6 Å². The number of nitrogens with zero attached hydrogens (tertiary/aromatic N) is 2. The number of halogens is 1. The van der Waals surface area contributed by atoms with E-state index in [9.17, 15) is 4.39 Å². The first-order valence-electron chi connectivity index (χ1n) is 4.09. The maximum absolute atomic E-state index is 12.9. The average molecular weight is 189 g/mol. The summed E-state index contributed by atoms with van der Waals surface area (Å²) in [5, 5.41) is 0. The zero-order valence-corrected chi connectivity index (χ0v) is 7.31. The topological polar surface area (TPSA) is 51.8 Å². The molecule has 70 valence electrons. The van der Waals surface area contributed by atoms with Crippen molar-refractivity contribution in [3.63, 3.8) is 0 Å². The lowest BCUT2D eigenvalue weighted by molar-refractivity contribution is 0.628. The van der Waals surface area contributed by atoms with Crippen LogP contribution in [0.15, 0.2) is 36.8 Å². The maximum Gasteiger partial charge on any atom is 0.123 e. The maximum atomic E-state index is 12.9. The predicted molar refractivity (Wildman–Crippen MR) is 51.8 cm³/mol. The van der Waals surface area contributed by atoms with Crippen LogP contribution in [0.5, 0.6) is 0 Å². The Morgan fingerprint density at radius 2 is 2.14 bits per heavy atom. The van der Waals surface area contributed by atoms with Gasteiger partial charge in [-0.3, -0.25) is 0 Å². The van der Waals surface area contributed by atoms with E-state index in [0.29, 0.717) is 16.9 Å². The van der Waals surface area contributed by atoms with Gasteiger partial charge in [-0.15, -0.1) is 0 Å². The van der Waals surface area contributed by atoms with Gasteiger partial charge >= 0.3 is 0 Å². The van der Waals surface area contributed by atoms with Gasteiger partial charge in [0.15, 0.2) is 0 Å². The molecular weight excluding hydrogens is 181 g/mol. The highest BCUT2D eigenvalue weighted by Gasteiger charge is 2.03. The van der Waals surface area contributed by atoms with E-state index < -0.39 is 0 Å². The van der Waals surface area contributed by atoms with Crippen molar-refractivity contribution in [2.24, 2.45) is 0 Å². The second-order valence-electron chi connectivity index (χ2n) is 2.84. The van der Waals surface area contributed by atoms with E-state index >= 15 is 0 Å². The summed E-state index contributed by atoms with van der Waals surface area (Å²) in [7, 11) is 0. The molecule has 0 fully saturated rings. The van der Waals surface area contributed by atoms with Crippen LogP contribution in [0.4, 0.5) is 10.1 Å². The van der Waals surface area contributed by atoms with Gasteiger partial charge in [0.1, 0.15) is 12.1 Å². The quantitative estimate of drug-likeness (QED) is 0.744. The van der Waals surface area contributed by atoms with Gasteiger partial charge in [0.05, 0.1) is 17.6 Å². The summed E-state index contributed by atoms with van der Waals surface area (Å²) >= 11 is 0. The van der Waals surface area contributed by atoms with Crippen molar-refractivity contribution in [1.82, 2.24) is 9.97 Å². The molecule has 0 radical (unpaired) electrons. The number of anilines is 1. The summed E-state index contributed by atoms with van der Waals surface area (Å²) < 4.78 is 12.9. The Balaban J connectivity index is 2.55. The normalized spacial score (nSPS) is 10.1. The van der Waals surface area contributed by atoms with Crippen LogP contribution < -0.4 is 5.73 Å². The van der Waals surface area contributed by atoms with Crippen LogP contribution in [0.25, 0.3) is 11.3 Å². The number of hydrogen-bond donors (Lipinski definition) is 1. The average Bonchev–Trinajstić information content (AvgIpc) is 2.18. The predicted octanol–water partition coefficient (Wildman–Crippen LogP) is 1.86. The van der Waals surface area contributed by atoms with Crippen LogP contribution in [-0.4, -0.2) is 9.97 Å². The number of nitrogen functional groups attached to an aromatic ring is 1. The number of aromatic nitrogens is 2. The highest BCUT2D eigenvalue weighted by molar-refractivity contribution is 5.71. The van der Waals surface area contributed by atoms with Gasteiger partial charge in [-0.05, 0) is 12.1 Å². The van der Waals surface area contributed by atoms with Crippen molar-refractivity contribution in [2.45, 2.75) is 0 Å². The summed E-state index contributed by atoms with van der Waals surface area (Å²) in [4.78, 5) is 7.75. The van der Waals surface area contributed by atoms with Crippen LogP contribution in [0, 0.1) is 5.82 Å². The first-order valence-corrected chi connectivity index (χ1v) is 4.09. The standard InChI is InChI=1S/C10H8FN3/c11-8-3-1-2-7(4-8)10-9(12)5-13-6-14-10/h1-6H,12H2. The Morgan fingerprint density at radius 1 is 1.29 bits per heavy atom. The largest absolute Gasteiger partial charge is 0.396 e. The molecule has 0 aliphatic heterocycles. The summed E-state index contributed by atoms with van der Waals surface area (Å²) in [5.41, 5.74) is 7.31. The van der Waals surface area contributed by atoms with Crippen LogP contribution in [0.1, 0.15) is 0 Å². The second-order valence-corrected chi connectivity index (χ2v) is 2.84. The molecule has 1 aromatic carbocycles. The van der Waals surface area contributed by atoms with E-state index in [0.717, 1.165) is 0 Å². The molecule has 0 aliphatic carbocycles. The summed E-state index contributed by atoms with van der Waals surface area (Å²) in [5.74, 6) is -0.305. The molecule has 0 saturated heterocycles. The monoisotopic (exact) mass is 189 g/mol. The Kier molecular flexibility index (Phi) is 2.10. The number of hydrogen-bond acceptors (Lipinski definition) is 3. The van der Waals surface area contributed by atoms with Crippen LogP contribution in [0.2, 0.25) is 0 Å². The van der Waals surface area contributed by atoms with Crippen LogP contribution >= 0.6 is 0 Å². The van der Waals surface area contributed by atoms with Crippen molar-refractivity contribution in [2.75, 3.05) is 5.73 Å². The van der Waals surface area contributed by atoms with Crippen LogP contribution in [0.3, 0.4) is 0 Å². The van der Waals surface area contributed by atoms with Gasteiger partial charge in [-0.25, -0.2) is 14.4 Å². The fraction of sp³-hybridized carbons (Fsp3) is 0. The third kappa shape index (κ3) is 1.54. The SMILES string of the molecule is Nc1cncnc1-c1cccc(F)c1. The third-order valence-corrected chi connectivity index (χ3v) is 1.84. The lowest BCUT2D eigenvalue weighted by Crippen LogP contribution is -1.94. The molecule has 0 unspecified atom stereocenters. The minimum absolute atomic E-state index is 0.305.